The number of hydrogen-bond donors (Lipinski definition) is 1. The fourth-order valence-corrected chi connectivity index (χ4v) is 1.31. The molecule has 0 saturated carbocycles. The van der Waals surface area contributed by atoms with Crippen LogP contribution in [0.1, 0.15) is 12.5 Å². The maximum Gasteiger partial charge on any atom is 0.348 e. The predicted octanol–water partition coefficient (Wildman–Crippen LogP) is 1.87. The second kappa shape index (κ2) is 6.30. The van der Waals surface area contributed by atoms with Crippen LogP contribution < -0.4 is 4.74 Å². The van der Waals surface area contributed by atoms with Gasteiger partial charge in [0.05, 0.1) is 13.7 Å². The molecule has 0 radical (unpaired) electrons. The summed E-state index contributed by atoms with van der Waals surface area (Å²) in [5.41, 5.74) is 0.448. The van der Waals surface area contributed by atoms with Gasteiger partial charge in [-0.15, -0.1) is 0 Å². The molecule has 5 heteroatoms. The minimum Gasteiger partial charge on any atom is -0.504 e. The van der Waals surface area contributed by atoms with Crippen molar-refractivity contribution < 1.29 is 19.4 Å². The monoisotopic (exact) mass is 247 g/mol. The quantitative estimate of drug-likeness (QED) is 0.499. The van der Waals surface area contributed by atoms with Crippen molar-refractivity contribution in [3.8, 4) is 17.6 Å². The maximum atomic E-state index is 11.2. The van der Waals surface area contributed by atoms with Crippen molar-refractivity contribution in [2.24, 2.45) is 0 Å². The first kappa shape index (κ1) is 13.6. The van der Waals surface area contributed by atoms with E-state index in [1.54, 1.807) is 25.1 Å². The molecule has 0 amide bonds. The Morgan fingerprint density at radius 1 is 1.56 bits per heavy atom. The number of hydrogen-bond acceptors (Lipinski definition) is 5. The van der Waals surface area contributed by atoms with E-state index in [9.17, 15) is 9.90 Å². The summed E-state index contributed by atoms with van der Waals surface area (Å²) in [5, 5.41) is 18.3. The van der Waals surface area contributed by atoms with Crippen molar-refractivity contribution >= 4 is 12.0 Å². The summed E-state index contributed by atoms with van der Waals surface area (Å²) in [6.07, 6.45) is 1.37. The van der Waals surface area contributed by atoms with Crippen molar-refractivity contribution in [1.82, 2.24) is 0 Å². The lowest BCUT2D eigenvalue weighted by atomic mass is 10.1. The number of esters is 1. The Morgan fingerprint density at radius 2 is 2.28 bits per heavy atom. The molecule has 0 spiro atoms. The molecule has 0 saturated heterocycles. The maximum absolute atomic E-state index is 11.2. The standard InChI is InChI=1S/C13H13NO4/c1-3-18-12-7-9(4-5-11(12)15)6-10(8-14)13(16)17-2/h4-7,15H,3H2,1-2H3/b10-6+. The largest absolute Gasteiger partial charge is 0.504 e. The Hall–Kier alpha value is -2.48. The van der Waals surface area contributed by atoms with E-state index >= 15 is 0 Å². The highest BCUT2D eigenvalue weighted by Gasteiger charge is 2.09. The molecule has 0 aliphatic rings. The van der Waals surface area contributed by atoms with Gasteiger partial charge in [0.15, 0.2) is 11.5 Å². The van der Waals surface area contributed by atoms with Crippen LogP contribution in [0.2, 0.25) is 0 Å². The lowest BCUT2D eigenvalue weighted by Crippen LogP contribution is -2.02. The molecule has 0 fully saturated rings. The number of nitriles is 1. The molecule has 0 unspecified atom stereocenters. The first-order valence-corrected chi connectivity index (χ1v) is 5.28. The number of rotatable bonds is 4. The van der Waals surface area contributed by atoms with Gasteiger partial charge in [-0.1, -0.05) is 6.07 Å². The van der Waals surface area contributed by atoms with E-state index in [0.29, 0.717) is 17.9 Å². The summed E-state index contributed by atoms with van der Waals surface area (Å²) in [5.74, 6) is -0.400. The van der Waals surface area contributed by atoms with Crippen LogP contribution in [0, 0.1) is 11.3 Å². The van der Waals surface area contributed by atoms with Crippen LogP contribution in [0.3, 0.4) is 0 Å². The van der Waals surface area contributed by atoms with Crippen LogP contribution in [0.25, 0.3) is 6.08 Å². The van der Waals surface area contributed by atoms with Crippen LogP contribution in [0.5, 0.6) is 11.5 Å². The minimum atomic E-state index is -0.705. The summed E-state index contributed by atoms with van der Waals surface area (Å²) in [4.78, 5) is 11.2. The van der Waals surface area contributed by atoms with Gasteiger partial charge in [-0.3, -0.25) is 0 Å². The second-order valence-corrected chi connectivity index (χ2v) is 3.32. The zero-order chi connectivity index (χ0) is 13.5. The highest BCUT2D eigenvalue weighted by molar-refractivity contribution is 5.97. The van der Waals surface area contributed by atoms with Gasteiger partial charge in [-0.25, -0.2) is 4.79 Å². The topological polar surface area (TPSA) is 79.5 Å². The summed E-state index contributed by atoms with van der Waals surface area (Å²) < 4.78 is 9.67. The van der Waals surface area contributed by atoms with E-state index in [1.807, 2.05) is 0 Å². The van der Waals surface area contributed by atoms with Gasteiger partial charge in [0.25, 0.3) is 0 Å². The number of aromatic hydroxyl groups is 1. The Morgan fingerprint density at radius 3 is 2.83 bits per heavy atom. The summed E-state index contributed by atoms with van der Waals surface area (Å²) in [6, 6.07) is 6.29. The van der Waals surface area contributed by atoms with Crippen LogP contribution in [0.4, 0.5) is 0 Å². The molecule has 0 aliphatic carbocycles. The highest BCUT2D eigenvalue weighted by atomic mass is 16.5. The molecular formula is C13H13NO4. The average Bonchev–Trinajstić information content (AvgIpc) is 2.39. The molecule has 94 valence electrons. The molecule has 0 aromatic heterocycles. The SMILES string of the molecule is CCOc1cc(/C=C(\C#N)C(=O)OC)ccc1O. The molecule has 5 nitrogen and oxygen atoms in total. The Kier molecular flexibility index (Phi) is 4.76. The zero-order valence-corrected chi connectivity index (χ0v) is 10.1. The van der Waals surface area contributed by atoms with Gasteiger partial charge in [0.2, 0.25) is 0 Å². The lowest BCUT2D eigenvalue weighted by molar-refractivity contribution is -0.135. The fraction of sp³-hybridized carbons (Fsp3) is 0.231. The lowest BCUT2D eigenvalue weighted by Gasteiger charge is -2.06. The van der Waals surface area contributed by atoms with Gasteiger partial charge in [0, 0.05) is 0 Å². The van der Waals surface area contributed by atoms with E-state index in [2.05, 4.69) is 4.74 Å². The molecule has 1 N–H and O–H groups in total. The number of methoxy groups -OCH3 is 1. The van der Waals surface area contributed by atoms with Crippen molar-refractivity contribution in [3.05, 3.63) is 29.3 Å². The van der Waals surface area contributed by atoms with E-state index in [0.717, 1.165) is 0 Å². The molecule has 18 heavy (non-hydrogen) atoms. The first-order valence-electron chi connectivity index (χ1n) is 5.28. The number of carbonyl (C=O) groups excluding carboxylic acids is 1. The van der Waals surface area contributed by atoms with Crippen LogP contribution in [-0.4, -0.2) is 24.8 Å². The number of benzene rings is 1. The average molecular weight is 247 g/mol. The van der Waals surface area contributed by atoms with Crippen LogP contribution >= 0.6 is 0 Å². The van der Waals surface area contributed by atoms with Gasteiger partial charge < -0.3 is 14.6 Å². The van der Waals surface area contributed by atoms with Gasteiger partial charge in [0.1, 0.15) is 11.6 Å². The van der Waals surface area contributed by atoms with Crippen molar-refractivity contribution in [1.29, 1.82) is 5.26 Å². The summed E-state index contributed by atoms with van der Waals surface area (Å²) in [7, 11) is 1.20. The van der Waals surface area contributed by atoms with Gasteiger partial charge >= 0.3 is 5.97 Å². The third-order valence-corrected chi connectivity index (χ3v) is 2.12. The van der Waals surface area contributed by atoms with Crippen molar-refractivity contribution in [2.75, 3.05) is 13.7 Å². The smallest absolute Gasteiger partial charge is 0.348 e. The van der Waals surface area contributed by atoms with Gasteiger partial charge in [-0.2, -0.15) is 5.26 Å². The van der Waals surface area contributed by atoms with Crippen molar-refractivity contribution in [3.63, 3.8) is 0 Å². The first-order chi connectivity index (χ1) is 8.62. The second-order valence-electron chi connectivity index (χ2n) is 3.32. The van der Waals surface area contributed by atoms with E-state index in [1.165, 1.54) is 19.3 Å². The van der Waals surface area contributed by atoms with Gasteiger partial charge in [-0.05, 0) is 30.7 Å². The fourth-order valence-electron chi connectivity index (χ4n) is 1.31. The summed E-state index contributed by atoms with van der Waals surface area (Å²) >= 11 is 0. The predicted molar refractivity (Wildman–Crippen MR) is 64.9 cm³/mol. The third kappa shape index (κ3) is 3.25. The molecule has 0 atom stereocenters. The van der Waals surface area contributed by atoms with E-state index in [-0.39, 0.29) is 11.3 Å². The molecule has 0 heterocycles. The number of ether oxygens (including phenoxy) is 2. The molecule has 1 aromatic carbocycles. The number of phenols is 1. The minimum absolute atomic E-state index is 0.00516. The Labute approximate surface area is 105 Å². The van der Waals surface area contributed by atoms with E-state index in [4.69, 9.17) is 10.00 Å². The molecule has 1 rings (SSSR count). The normalized spacial score (nSPS) is 10.6. The third-order valence-electron chi connectivity index (χ3n) is 2.12. The van der Waals surface area contributed by atoms with Crippen molar-refractivity contribution in [2.45, 2.75) is 6.92 Å². The number of phenolic OH excluding ortho intramolecular Hbond substituents is 1. The molecular weight excluding hydrogens is 234 g/mol. The van der Waals surface area contributed by atoms with E-state index < -0.39 is 5.97 Å². The number of nitrogens with zero attached hydrogens (tertiary/aromatic N) is 1. The molecule has 0 bridgehead atoms. The Bertz CT molecular complexity index is 514. The Balaban J connectivity index is 3.11. The summed E-state index contributed by atoms with van der Waals surface area (Å²) in [6.45, 7) is 2.19. The molecule has 1 aromatic rings. The number of carbonyl (C=O) groups is 1. The molecule has 0 aliphatic heterocycles. The zero-order valence-electron chi connectivity index (χ0n) is 10.1. The highest BCUT2D eigenvalue weighted by Crippen LogP contribution is 2.27. The van der Waals surface area contributed by atoms with Crippen LogP contribution in [-0.2, 0) is 9.53 Å². The van der Waals surface area contributed by atoms with Crippen LogP contribution in [0.15, 0.2) is 23.8 Å².